The molecule has 1 aromatic rings. The van der Waals surface area contributed by atoms with E-state index in [4.69, 9.17) is 17.3 Å². The molecule has 106 valence electrons. The number of hydrogen-bond donors (Lipinski definition) is 1. The molecule has 1 aliphatic rings. The highest BCUT2D eigenvalue weighted by Crippen LogP contribution is 2.30. The van der Waals surface area contributed by atoms with Gasteiger partial charge in [-0.05, 0) is 62.8 Å². The lowest BCUT2D eigenvalue weighted by Crippen LogP contribution is -2.38. The molecule has 1 aliphatic heterocycles. The van der Waals surface area contributed by atoms with Crippen molar-refractivity contribution in [1.29, 1.82) is 0 Å². The lowest BCUT2D eigenvalue weighted by molar-refractivity contribution is 0.483. The van der Waals surface area contributed by atoms with Gasteiger partial charge in [0, 0.05) is 29.3 Å². The zero-order valence-corrected chi connectivity index (χ0v) is 12.8. The molecule has 0 saturated carbocycles. The van der Waals surface area contributed by atoms with Crippen LogP contribution in [0.4, 0.5) is 5.69 Å². The number of halogens is 1. The number of hydrogen-bond acceptors (Lipinski definition) is 2. The molecule has 2 rings (SSSR count). The zero-order chi connectivity index (χ0) is 13.8. The van der Waals surface area contributed by atoms with Crippen LogP contribution in [0.1, 0.15) is 45.1 Å². The van der Waals surface area contributed by atoms with Gasteiger partial charge in [-0.2, -0.15) is 0 Å². The summed E-state index contributed by atoms with van der Waals surface area (Å²) in [6, 6.07) is 7.10. The van der Waals surface area contributed by atoms with Crippen molar-refractivity contribution in [3.63, 3.8) is 0 Å². The molecule has 2 N–H and O–H groups in total. The van der Waals surface area contributed by atoms with E-state index in [1.54, 1.807) is 0 Å². The first-order valence-corrected chi connectivity index (χ1v) is 7.80. The Hall–Kier alpha value is -0.730. The Bertz CT molecular complexity index is 419. The zero-order valence-electron chi connectivity index (χ0n) is 12.0. The van der Waals surface area contributed by atoms with Crippen LogP contribution < -0.4 is 10.6 Å². The van der Waals surface area contributed by atoms with E-state index < -0.39 is 0 Å². The van der Waals surface area contributed by atoms with E-state index in [1.807, 2.05) is 6.07 Å². The first-order chi connectivity index (χ1) is 9.11. The summed E-state index contributed by atoms with van der Waals surface area (Å²) in [4.78, 5) is 2.53. The highest BCUT2D eigenvalue weighted by molar-refractivity contribution is 6.30. The summed E-state index contributed by atoms with van der Waals surface area (Å²) in [5.41, 5.74) is 8.76. The van der Waals surface area contributed by atoms with Crippen LogP contribution in [0.15, 0.2) is 18.2 Å². The van der Waals surface area contributed by atoms with Crippen molar-refractivity contribution in [3.05, 3.63) is 28.8 Å². The first kappa shape index (κ1) is 14.7. The molecule has 0 amide bonds. The predicted octanol–water partition coefficient (Wildman–Crippen LogP) is 4.00. The molecule has 0 aromatic heterocycles. The first-order valence-electron chi connectivity index (χ1n) is 7.42. The van der Waals surface area contributed by atoms with Crippen molar-refractivity contribution in [2.45, 2.75) is 58.0 Å². The molecule has 1 saturated heterocycles. The van der Waals surface area contributed by atoms with Gasteiger partial charge < -0.3 is 10.6 Å². The third-order valence-corrected chi connectivity index (χ3v) is 4.40. The monoisotopic (exact) mass is 280 g/mol. The summed E-state index contributed by atoms with van der Waals surface area (Å²) < 4.78 is 0. The molecule has 19 heavy (non-hydrogen) atoms. The van der Waals surface area contributed by atoms with E-state index >= 15 is 0 Å². The van der Waals surface area contributed by atoms with Crippen LogP contribution in [0.5, 0.6) is 0 Å². The van der Waals surface area contributed by atoms with Crippen LogP contribution in [0.2, 0.25) is 5.02 Å². The summed E-state index contributed by atoms with van der Waals surface area (Å²) >= 11 is 6.16. The fraction of sp³-hybridized carbons (Fsp3) is 0.625. The number of nitrogens with zero attached hydrogens (tertiary/aromatic N) is 1. The van der Waals surface area contributed by atoms with Gasteiger partial charge in [0.25, 0.3) is 0 Å². The van der Waals surface area contributed by atoms with Gasteiger partial charge in [-0.3, -0.25) is 0 Å². The fourth-order valence-electron chi connectivity index (χ4n) is 2.88. The minimum atomic E-state index is 0.220. The van der Waals surface area contributed by atoms with Crippen molar-refractivity contribution >= 4 is 17.3 Å². The number of piperidine rings is 1. The molecule has 2 nitrogen and oxygen atoms in total. The number of anilines is 1. The quantitative estimate of drug-likeness (QED) is 0.903. The van der Waals surface area contributed by atoms with Gasteiger partial charge in [-0.15, -0.1) is 0 Å². The summed E-state index contributed by atoms with van der Waals surface area (Å²) in [6.45, 7) is 5.60. The van der Waals surface area contributed by atoms with Gasteiger partial charge in [0.1, 0.15) is 0 Å². The standard InChI is InChI=1S/C16H25ClN2/c1-3-15(18)11-13-10-14(17)7-8-16(13)19-9-5-4-6-12(19)2/h7-8,10,12,15H,3-6,9,11,18H2,1-2H3. The fourth-order valence-corrected chi connectivity index (χ4v) is 3.08. The topological polar surface area (TPSA) is 29.3 Å². The summed E-state index contributed by atoms with van der Waals surface area (Å²) in [6.07, 6.45) is 5.82. The summed E-state index contributed by atoms with van der Waals surface area (Å²) in [5.74, 6) is 0. The van der Waals surface area contributed by atoms with Crippen LogP contribution in [0.3, 0.4) is 0 Å². The second-order valence-corrected chi connectivity index (χ2v) is 6.12. The van der Waals surface area contributed by atoms with E-state index in [1.165, 1.54) is 30.5 Å². The molecule has 0 radical (unpaired) electrons. The van der Waals surface area contributed by atoms with Gasteiger partial charge in [0.05, 0.1) is 0 Å². The third kappa shape index (κ3) is 3.64. The molecule has 1 fully saturated rings. The maximum atomic E-state index is 6.16. The highest BCUT2D eigenvalue weighted by atomic mass is 35.5. The lowest BCUT2D eigenvalue weighted by atomic mass is 9.98. The van der Waals surface area contributed by atoms with Crippen molar-refractivity contribution in [2.75, 3.05) is 11.4 Å². The average molecular weight is 281 g/mol. The van der Waals surface area contributed by atoms with Crippen molar-refractivity contribution in [3.8, 4) is 0 Å². The molecule has 2 unspecified atom stereocenters. The second-order valence-electron chi connectivity index (χ2n) is 5.68. The number of nitrogens with two attached hydrogens (primary N) is 1. The molecular formula is C16H25ClN2. The molecule has 1 aromatic carbocycles. The molecule has 1 heterocycles. The largest absolute Gasteiger partial charge is 0.369 e. The van der Waals surface area contributed by atoms with Gasteiger partial charge in [-0.1, -0.05) is 18.5 Å². The summed E-state index contributed by atoms with van der Waals surface area (Å²) in [7, 11) is 0. The second kappa shape index (κ2) is 6.62. The SMILES string of the molecule is CCC(N)Cc1cc(Cl)ccc1N1CCCCC1C. The Morgan fingerprint density at radius 1 is 1.42 bits per heavy atom. The van der Waals surface area contributed by atoms with Gasteiger partial charge in [0.15, 0.2) is 0 Å². The average Bonchev–Trinajstić information content (AvgIpc) is 2.40. The Balaban J connectivity index is 2.27. The Morgan fingerprint density at radius 2 is 2.21 bits per heavy atom. The molecule has 3 heteroatoms. The van der Waals surface area contributed by atoms with Crippen LogP contribution in [0, 0.1) is 0 Å². The van der Waals surface area contributed by atoms with Crippen LogP contribution in [-0.4, -0.2) is 18.6 Å². The van der Waals surface area contributed by atoms with Crippen LogP contribution in [0.25, 0.3) is 0 Å². The van der Waals surface area contributed by atoms with Crippen molar-refractivity contribution in [1.82, 2.24) is 0 Å². The van der Waals surface area contributed by atoms with E-state index in [0.29, 0.717) is 6.04 Å². The van der Waals surface area contributed by atoms with Crippen LogP contribution >= 0.6 is 11.6 Å². The predicted molar refractivity (Wildman–Crippen MR) is 84.1 cm³/mol. The van der Waals surface area contributed by atoms with Crippen LogP contribution in [-0.2, 0) is 6.42 Å². The summed E-state index contributed by atoms with van der Waals surface area (Å²) in [5, 5.41) is 0.812. The Kier molecular flexibility index (Phi) is 5.12. The van der Waals surface area contributed by atoms with Crippen molar-refractivity contribution in [2.24, 2.45) is 5.73 Å². The number of benzene rings is 1. The minimum Gasteiger partial charge on any atom is -0.369 e. The maximum Gasteiger partial charge on any atom is 0.0410 e. The lowest BCUT2D eigenvalue weighted by Gasteiger charge is -2.37. The molecule has 2 atom stereocenters. The van der Waals surface area contributed by atoms with E-state index in [-0.39, 0.29) is 6.04 Å². The molecule has 0 aliphatic carbocycles. The Morgan fingerprint density at radius 3 is 2.89 bits per heavy atom. The van der Waals surface area contributed by atoms with E-state index in [9.17, 15) is 0 Å². The van der Waals surface area contributed by atoms with Crippen molar-refractivity contribution < 1.29 is 0 Å². The molecular weight excluding hydrogens is 256 g/mol. The highest BCUT2D eigenvalue weighted by Gasteiger charge is 2.21. The minimum absolute atomic E-state index is 0.220. The third-order valence-electron chi connectivity index (χ3n) is 4.16. The van der Waals surface area contributed by atoms with Gasteiger partial charge in [0.2, 0.25) is 0 Å². The normalized spacial score (nSPS) is 21.5. The molecule has 0 spiro atoms. The van der Waals surface area contributed by atoms with E-state index in [0.717, 1.165) is 24.4 Å². The van der Waals surface area contributed by atoms with E-state index in [2.05, 4.69) is 30.9 Å². The smallest absolute Gasteiger partial charge is 0.0410 e. The Labute approximate surface area is 121 Å². The maximum absolute atomic E-state index is 6.16. The molecule has 0 bridgehead atoms. The van der Waals surface area contributed by atoms with Gasteiger partial charge in [-0.25, -0.2) is 0 Å². The number of rotatable bonds is 4. The van der Waals surface area contributed by atoms with Gasteiger partial charge >= 0.3 is 0 Å².